The number of hydrogen-bond acceptors (Lipinski definition) is 6. The van der Waals surface area contributed by atoms with Crippen molar-refractivity contribution in [2.75, 3.05) is 26.3 Å². The number of morpholine rings is 1. The van der Waals surface area contributed by atoms with Crippen molar-refractivity contribution < 1.29 is 23.8 Å². The summed E-state index contributed by atoms with van der Waals surface area (Å²) in [6.45, 7) is 2.11. The van der Waals surface area contributed by atoms with Gasteiger partial charge in [-0.25, -0.2) is 9.59 Å². The number of halogens is 2. The SMILES string of the molecule is O=C1O[C@@H](OC(=O)c2ccccc2Br)C(N2CCOCC2)=C1Cl. The van der Waals surface area contributed by atoms with E-state index in [1.807, 2.05) is 4.90 Å². The highest BCUT2D eigenvalue weighted by Crippen LogP contribution is 2.31. The Morgan fingerprint density at radius 1 is 1.30 bits per heavy atom. The monoisotopic (exact) mass is 401 g/mol. The number of nitrogens with zero attached hydrogens (tertiary/aromatic N) is 1. The van der Waals surface area contributed by atoms with E-state index in [1.54, 1.807) is 24.3 Å². The summed E-state index contributed by atoms with van der Waals surface area (Å²) in [6, 6.07) is 6.84. The van der Waals surface area contributed by atoms with Gasteiger partial charge in [-0.1, -0.05) is 23.7 Å². The first-order valence-corrected chi connectivity index (χ1v) is 8.14. The normalized spacial score (nSPS) is 21.4. The fraction of sp³-hybridized carbons (Fsp3) is 0.333. The second kappa shape index (κ2) is 6.90. The molecule has 23 heavy (non-hydrogen) atoms. The average molecular weight is 403 g/mol. The molecule has 0 aromatic heterocycles. The summed E-state index contributed by atoms with van der Waals surface area (Å²) in [4.78, 5) is 25.9. The largest absolute Gasteiger partial charge is 0.415 e. The lowest BCUT2D eigenvalue weighted by Crippen LogP contribution is -2.40. The maximum atomic E-state index is 12.3. The van der Waals surface area contributed by atoms with Gasteiger partial charge in [0.2, 0.25) is 0 Å². The Hall–Kier alpha value is -1.57. The smallest absolute Gasteiger partial charge is 0.355 e. The van der Waals surface area contributed by atoms with E-state index in [4.69, 9.17) is 25.8 Å². The molecular formula is C15H13BrClNO5. The molecule has 0 radical (unpaired) electrons. The Balaban J connectivity index is 1.80. The number of hydrogen-bond donors (Lipinski definition) is 0. The zero-order valence-electron chi connectivity index (χ0n) is 12.0. The number of cyclic esters (lactones) is 1. The molecular weight excluding hydrogens is 390 g/mol. The molecule has 2 aliphatic heterocycles. The number of esters is 2. The molecule has 1 atom stereocenters. The van der Waals surface area contributed by atoms with E-state index in [1.165, 1.54) is 0 Å². The first-order chi connectivity index (χ1) is 11.1. The average Bonchev–Trinajstić information content (AvgIpc) is 2.83. The van der Waals surface area contributed by atoms with Crippen molar-refractivity contribution in [2.45, 2.75) is 6.29 Å². The van der Waals surface area contributed by atoms with E-state index in [0.717, 1.165) is 0 Å². The highest BCUT2D eigenvalue weighted by atomic mass is 79.9. The minimum atomic E-state index is -1.15. The van der Waals surface area contributed by atoms with Crippen LogP contribution in [0.25, 0.3) is 0 Å². The summed E-state index contributed by atoms with van der Waals surface area (Å²) in [6.07, 6.45) is -1.15. The Kier molecular flexibility index (Phi) is 4.89. The zero-order valence-corrected chi connectivity index (χ0v) is 14.3. The molecule has 0 unspecified atom stereocenters. The Labute approximate surface area is 146 Å². The van der Waals surface area contributed by atoms with Crippen LogP contribution in [0.2, 0.25) is 0 Å². The molecule has 1 saturated heterocycles. The third-order valence-electron chi connectivity index (χ3n) is 3.50. The molecule has 1 aromatic carbocycles. The van der Waals surface area contributed by atoms with Crippen molar-refractivity contribution in [1.82, 2.24) is 4.90 Å². The lowest BCUT2D eigenvalue weighted by molar-refractivity contribution is -0.154. The van der Waals surface area contributed by atoms with Crippen LogP contribution >= 0.6 is 27.5 Å². The van der Waals surface area contributed by atoms with E-state index in [0.29, 0.717) is 42.0 Å². The van der Waals surface area contributed by atoms with E-state index in [2.05, 4.69) is 15.9 Å². The molecule has 0 bridgehead atoms. The molecule has 1 aromatic rings. The van der Waals surface area contributed by atoms with Gasteiger partial charge in [0, 0.05) is 17.6 Å². The minimum Gasteiger partial charge on any atom is -0.415 e. The second-order valence-corrected chi connectivity index (χ2v) is 6.15. The summed E-state index contributed by atoms with van der Waals surface area (Å²) in [5.41, 5.74) is 0.716. The molecule has 6 nitrogen and oxygen atoms in total. The molecule has 0 spiro atoms. The molecule has 2 heterocycles. The van der Waals surface area contributed by atoms with Crippen LogP contribution in [0, 0.1) is 0 Å². The molecule has 0 saturated carbocycles. The highest BCUT2D eigenvalue weighted by molar-refractivity contribution is 9.10. The summed E-state index contributed by atoms with van der Waals surface area (Å²) in [7, 11) is 0. The van der Waals surface area contributed by atoms with Crippen molar-refractivity contribution in [3.63, 3.8) is 0 Å². The predicted octanol–water partition coefficient (Wildman–Crippen LogP) is 2.27. The van der Waals surface area contributed by atoms with Gasteiger partial charge in [-0.2, -0.15) is 0 Å². The van der Waals surface area contributed by atoms with E-state index >= 15 is 0 Å². The predicted molar refractivity (Wildman–Crippen MR) is 84.7 cm³/mol. The van der Waals surface area contributed by atoms with Crippen LogP contribution in [-0.2, 0) is 19.0 Å². The van der Waals surface area contributed by atoms with Crippen LogP contribution in [0.1, 0.15) is 10.4 Å². The molecule has 3 rings (SSSR count). The second-order valence-electron chi connectivity index (χ2n) is 4.92. The number of rotatable bonds is 3. The van der Waals surface area contributed by atoms with Crippen LogP contribution in [-0.4, -0.2) is 49.4 Å². The Bertz CT molecular complexity index is 672. The zero-order chi connectivity index (χ0) is 16.4. The van der Waals surface area contributed by atoms with Crippen LogP contribution in [0.5, 0.6) is 0 Å². The fourth-order valence-corrected chi connectivity index (χ4v) is 3.07. The number of carbonyl (C=O) groups is 2. The number of benzene rings is 1. The fourth-order valence-electron chi connectivity index (χ4n) is 2.37. The van der Waals surface area contributed by atoms with Gasteiger partial charge in [-0.15, -0.1) is 0 Å². The standard InChI is InChI=1S/C15H13BrClNO5/c16-10-4-2-1-3-9(10)13(19)22-15-12(11(17)14(20)23-15)18-5-7-21-8-6-18/h1-4,15H,5-8H2/t15-/m1/s1. The van der Waals surface area contributed by atoms with Gasteiger partial charge in [0.05, 0.1) is 18.8 Å². The van der Waals surface area contributed by atoms with Gasteiger partial charge in [-0.3, -0.25) is 0 Å². The molecule has 0 N–H and O–H groups in total. The maximum Gasteiger partial charge on any atom is 0.355 e. The van der Waals surface area contributed by atoms with E-state index < -0.39 is 18.2 Å². The van der Waals surface area contributed by atoms with Crippen molar-refractivity contribution in [3.05, 3.63) is 45.0 Å². The van der Waals surface area contributed by atoms with Crippen molar-refractivity contribution in [1.29, 1.82) is 0 Å². The van der Waals surface area contributed by atoms with Crippen molar-refractivity contribution in [2.24, 2.45) is 0 Å². The van der Waals surface area contributed by atoms with Crippen molar-refractivity contribution in [3.8, 4) is 0 Å². The first kappa shape index (κ1) is 16.3. The maximum absolute atomic E-state index is 12.3. The molecule has 122 valence electrons. The Morgan fingerprint density at radius 3 is 2.70 bits per heavy atom. The molecule has 0 aliphatic carbocycles. The summed E-state index contributed by atoms with van der Waals surface area (Å²) >= 11 is 9.33. The van der Waals surface area contributed by atoms with Gasteiger partial charge in [-0.05, 0) is 28.1 Å². The minimum absolute atomic E-state index is 0.0585. The summed E-state index contributed by atoms with van der Waals surface area (Å²) in [5.74, 6) is -1.30. The Morgan fingerprint density at radius 2 is 2.00 bits per heavy atom. The van der Waals surface area contributed by atoms with Gasteiger partial charge in [0.15, 0.2) is 5.03 Å². The van der Waals surface area contributed by atoms with Crippen LogP contribution in [0.4, 0.5) is 0 Å². The third kappa shape index (κ3) is 3.36. The molecule has 2 aliphatic rings. The van der Waals surface area contributed by atoms with Crippen LogP contribution < -0.4 is 0 Å². The van der Waals surface area contributed by atoms with Crippen LogP contribution in [0.15, 0.2) is 39.5 Å². The topological polar surface area (TPSA) is 65.1 Å². The lowest BCUT2D eigenvalue weighted by Gasteiger charge is -2.31. The lowest BCUT2D eigenvalue weighted by atomic mass is 10.2. The van der Waals surface area contributed by atoms with Crippen LogP contribution in [0.3, 0.4) is 0 Å². The summed E-state index contributed by atoms with van der Waals surface area (Å²) < 4.78 is 16.3. The van der Waals surface area contributed by atoms with Gasteiger partial charge in [0.1, 0.15) is 5.70 Å². The van der Waals surface area contributed by atoms with E-state index in [9.17, 15) is 9.59 Å². The third-order valence-corrected chi connectivity index (χ3v) is 4.54. The van der Waals surface area contributed by atoms with Crippen molar-refractivity contribution >= 4 is 39.5 Å². The number of carbonyl (C=O) groups excluding carboxylic acids is 2. The first-order valence-electron chi connectivity index (χ1n) is 6.97. The number of ether oxygens (including phenoxy) is 3. The molecule has 1 fully saturated rings. The molecule has 0 amide bonds. The van der Waals surface area contributed by atoms with E-state index in [-0.39, 0.29) is 5.03 Å². The van der Waals surface area contributed by atoms with Gasteiger partial charge >= 0.3 is 11.9 Å². The summed E-state index contributed by atoms with van der Waals surface area (Å²) in [5, 5.41) is -0.0585. The van der Waals surface area contributed by atoms with Gasteiger partial charge in [0.25, 0.3) is 6.29 Å². The van der Waals surface area contributed by atoms with Gasteiger partial charge < -0.3 is 19.1 Å². The quantitative estimate of drug-likeness (QED) is 0.723. The molecule has 8 heteroatoms. The highest BCUT2D eigenvalue weighted by Gasteiger charge is 2.40.